The van der Waals surface area contributed by atoms with Gasteiger partial charge in [-0.05, 0) is 30.7 Å². The van der Waals surface area contributed by atoms with Crippen LogP contribution in [-0.4, -0.2) is 22.3 Å². The van der Waals surface area contributed by atoms with Crippen LogP contribution in [0.2, 0.25) is 0 Å². The third-order valence-electron chi connectivity index (χ3n) is 1.77. The lowest BCUT2D eigenvalue weighted by Gasteiger charge is -2.00. The number of rotatable bonds is 6. The lowest BCUT2D eigenvalue weighted by atomic mass is 10.2. The number of thioether (sulfide) groups is 1. The highest BCUT2D eigenvalue weighted by atomic mass is 32.2. The Bertz CT molecular complexity index is 248. The van der Waals surface area contributed by atoms with Crippen LogP contribution >= 0.6 is 11.8 Å². The van der Waals surface area contributed by atoms with Crippen molar-refractivity contribution < 1.29 is 0 Å². The normalized spacial score (nSPS) is 10.4. The molecule has 0 atom stereocenters. The minimum absolute atomic E-state index is 0.660. The largest absolute Gasteiger partial charge is 0.330 e. The van der Waals surface area contributed by atoms with Crippen LogP contribution in [0.15, 0.2) is 12.4 Å². The fourth-order valence-corrected chi connectivity index (χ4v) is 1.82. The van der Waals surface area contributed by atoms with Gasteiger partial charge in [-0.3, -0.25) is 0 Å². The van der Waals surface area contributed by atoms with Gasteiger partial charge in [0.05, 0.1) is 5.75 Å². The van der Waals surface area contributed by atoms with Gasteiger partial charge in [0.25, 0.3) is 0 Å². The molecule has 0 spiro atoms. The molecule has 0 aliphatic rings. The molecule has 1 rings (SSSR count). The third kappa shape index (κ3) is 4.07. The fourth-order valence-electron chi connectivity index (χ4n) is 1.06. The average Bonchev–Trinajstić information content (AvgIpc) is 2.21. The van der Waals surface area contributed by atoms with Gasteiger partial charge < -0.3 is 5.73 Å². The van der Waals surface area contributed by atoms with Gasteiger partial charge in [-0.2, -0.15) is 11.8 Å². The van der Waals surface area contributed by atoms with Crippen molar-refractivity contribution in [2.45, 2.75) is 25.5 Å². The van der Waals surface area contributed by atoms with Crippen LogP contribution < -0.4 is 5.73 Å². The van der Waals surface area contributed by atoms with E-state index in [0.717, 1.165) is 23.6 Å². The van der Waals surface area contributed by atoms with E-state index in [4.69, 9.17) is 5.73 Å². The van der Waals surface area contributed by atoms with E-state index < -0.39 is 0 Å². The van der Waals surface area contributed by atoms with Gasteiger partial charge in [0.15, 0.2) is 0 Å². The minimum atomic E-state index is 0.660. The highest BCUT2D eigenvalue weighted by molar-refractivity contribution is 7.98. The molecule has 0 saturated carbocycles. The lowest BCUT2D eigenvalue weighted by molar-refractivity contribution is 0.919. The lowest BCUT2D eigenvalue weighted by Crippen LogP contribution is -2.04. The highest BCUT2D eigenvalue weighted by Crippen LogP contribution is 2.09. The van der Waals surface area contributed by atoms with Crippen LogP contribution in [0.5, 0.6) is 0 Å². The van der Waals surface area contributed by atoms with Crippen LogP contribution in [0.4, 0.5) is 0 Å². The Morgan fingerprint density at radius 3 is 2.64 bits per heavy atom. The topological polar surface area (TPSA) is 51.8 Å². The van der Waals surface area contributed by atoms with Crippen molar-refractivity contribution in [3.8, 4) is 0 Å². The summed E-state index contributed by atoms with van der Waals surface area (Å²) in [6.07, 6.45) is 5.82. The molecule has 14 heavy (non-hydrogen) atoms. The van der Waals surface area contributed by atoms with Crippen molar-refractivity contribution in [2.75, 3.05) is 12.3 Å². The summed E-state index contributed by atoms with van der Waals surface area (Å²) in [6.45, 7) is 2.84. The number of aromatic nitrogens is 2. The smallest absolute Gasteiger partial charge is 0.138 e. The molecule has 1 aromatic heterocycles. The zero-order valence-electron chi connectivity index (χ0n) is 8.57. The first kappa shape index (κ1) is 11.5. The Balaban J connectivity index is 2.38. The van der Waals surface area contributed by atoms with Gasteiger partial charge in [-0.15, -0.1) is 0 Å². The standard InChI is InChI=1S/C10H17N3S/c1-2-5-14-8-10-12-6-9(3-4-11)7-13-10/h6-7H,2-5,8,11H2,1H3. The summed E-state index contributed by atoms with van der Waals surface area (Å²) < 4.78 is 0. The van der Waals surface area contributed by atoms with E-state index in [9.17, 15) is 0 Å². The quantitative estimate of drug-likeness (QED) is 0.726. The first-order chi connectivity index (χ1) is 6.86. The van der Waals surface area contributed by atoms with Gasteiger partial charge in [0, 0.05) is 12.4 Å². The molecule has 0 saturated heterocycles. The van der Waals surface area contributed by atoms with E-state index in [1.54, 1.807) is 0 Å². The monoisotopic (exact) mass is 211 g/mol. The number of hydrogen-bond donors (Lipinski definition) is 1. The number of nitrogens with two attached hydrogens (primary N) is 1. The van der Waals surface area contributed by atoms with Crippen molar-refractivity contribution in [3.63, 3.8) is 0 Å². The van der Waals surface area contributed by atoms with Crippen LogP contribution in [0.1, 0.15) is 24.7 Å². The number of hydrogen-bond acceptors (Lipinski definition) is 4. The predicted molar refractivity (Wildman–Crippen MR) is 61.2 cm³/mol. The number of nitrogens with zero attached hydrogens (tertiary/aromatic N) is 2. The summed E-state index contributed by atoms with van der Waals surface area (Å²) in [5.41, 5.74) is 6.56. The summed E-state index contributed by atoms with van der Waals surface area (Å²) in [5.74, 6) is 3.01. The van der Waals surface area contributed by atoms with Crippen molar-refractivity contribution in [2.24, 2.45) is 5.73 Å². The Morgan fingerprint density at radius 2 is 2.07 bits per heavy atom. The molecule has 4 heteroatoms. The highest BCUT2D eigenvalue weighted by Gasteiger charge is 1.97. The van der Waals surface area contributed by atoms with E-state index in [2.05, 4.69) is 16.9 Å². The van der Waals surface area contributed by atoms with Crippen molar-refractivity contribution in [1.29, 1.82) is 0 Å². The molecule has 78 valence electrons. The summed E-state index contributed by atoms with van der Waals surface area (Å²) in [7, 11) is 0. The average molecular weight is 211 g/mol. The van der Waals surface area contributed by atoms with E-state index in [1.165, 1.54) is 12.2 Å². The van der Waals surface area contributed by atoms with E-state index in [0.29, 0.717) is 6.54 Å². The first-order valence-electron chi connectivity index (χ1n) is 4.94. The molecule has 0 bridgehead atoms. The summed E-state index contributed by atoms with van der Waals surface area (Å²) in [6, 6.07) is 0. The zero-order chi connectivity index (χ0) is 10.2. The van der Waals surface area contributed by atoms with Gasteiger partial charge in [0.2, 0.25) is 0 Å². The first-order valence-corrected chi connectivity index (χ1v) is 6.10. The molecule has 0 aliphatic carbocycles. The summed E-state index contributed by atoms with van der Waals surface area (Å²) in [4.78, 5) is 8.56. The maximum Gasteiger partial charge on any atom is 0.138 e. The second kappa shape index (κ2) is 6.79. The summed E-state index contributed by atoms with van der Waals surface area (Å²) >= 11 is 1.88. The van der Waals surface area contributed by atoms with Crippen LogP contribution in [0, 0.1) is 0 Å². The molecule has 2 N–H and O–H groups in total. The second-order valence-corrected chi connectivity index (χ2v) is 4.20. The van der Waals surface area contributed by atoms with Gasteiger partial charge in [-0.1, -0.05) is 6.92 Å². The summed E-state index contributed by atoms with van der Waals surface area (Å²) in [5, 5.41) is 0. The Kier molecular flexibility index (Phi) is 5.56. The molecule has 0 unspecified atom stereocenters. The molecule has 3 nitrogen and oxygen atoms in total. The SMILES string of the molecule is CCCSCc1ncc(CCN)cn1. The maximum absolute atomic E-state index is 5.44. The van der Waals surface area contributed by atoms with Gasteiger partial charge in [-0.25, -0.2) is 9.97 Å². The Hall–Kier alpha value is -0.610. The van der Waals surface area contributed by atoms with Crippen molar-refractivity contribution in [1.82, 2.24) is 9.97 Å². The van der Waals surface area contributed by atoms with E-state index in [1.807, 2.05) is 24.2 Å². The molecule has 1 aromatic rings. The molecular formula is C10H17N3S. The van der Waals surface area contributed by atoms with Gasteiger partial charge >= 0.3 is 0 Å². The molecule has 0 amide bonds. The fraction of sp³-hybridized carbons (Fsp3) is 0.600. The molecule has 0 aromatic carbocycles. The van der Waals surface area contributed by atoms with Crippen molar-refractivity contribution in [3.05, 3.63) is 23.8 Å². The molecule has 1 heterocycles. The van der Waals surface area contributed by atoms with E-state index in [-0.39, 0.29) is 0 Å². The zero-order valence-corrected chi connectivity index (χ0v) is 9.39. The molecule has 0 fully saturated rings. The molecular weight excluding hydrogens is 194 g/mol. The van der Waals surface area contributed by atoms with Crippen LogP contribution in [-0.2, 0) is 12.2 Å². The van der Waals surface area contributed by atoms with Crippen LogP contribution in [0.3, 0.4) is 0 Å². The van der Waals surface area contributed by atoms with Crippen LogP contribution in [0.25, 0.3) is 0 Å². The van der Waals surface area contributed by atoms with E-state index >= 15 is 0 Å². The minimum Gasteiger partial charge on any atom is -0.330 e. The molecule has 0 radical (unpaired) electrons. The van der Waals surface area contributed by atoms with Crippen molar-refractivity contribution >= 4 is 11.8 Å². The third-order valence-corrected chi connectivity index (χ3v) is 2.93. The second-order valence-electron chi connectivity index (χ2n) is 3.10. The Morgan fingerprint density at radius 1 is 1.36 bits per heavy atom. The maximum atomic E-state index is 5.44. The molecule has 0 aliphatic heterocycles. The Labute approximate surface area is 89.5 Å². The predicted octanol–water partition coefficient (Wildman–Crippen LogP) is 1.62. The van der Waals surface area contributed by atoms with Gasteiger partial charge in [0.1, 0.15) is 5.82 Å².